The van der Waals surface area contributed by atoms with Crippen molar-refractivity contribution in [1.82, 2.24) is 15.1 Å². The van der Waals surface area contributed by atoms with Crippen molar-refractivity contribution in [2.75, 3.05) is 39.4 Å². The van der Waals surface area contributed by atoms with E-state index in [1.165, 1.54) is 0 Å². The molecule has 0 radical (unpaired) electrons. The Labute approximate surface area is 189 Å². The van der Waals surface area contributed by atoms with Gasteiger partial charge in [0.15, 0.2) is 0 Å². The molecular weight excluding hydrogens is 406 g/mol. The molecule has 0 unspecified atom stereocenters. The molecule has 0 aliphatic carbocycles. The summed E-state index contributed by atoms with van der Waals surface area (Å²) < 4.78 is 11.4. The molecule has 2 amide bonds. The first-order valence-electron chi connectivity index (χ1n) is 11.5. The van der Waals surface area contributed by atoms with Crippen molar-refractivity contribution >= 4 is 11.8 Å². The molecule has 4 rings (SSSR count). The third-order valence-corrected chi connectivity index (χ3v) is 6.68. The quantitative estimate of drug-likeness (QED) is 0.748. The van der Waals surface area contributed by atoms with Gasteiger partial charge in [-0.25, -0.2) is 0 Å². The maximum atomic E-state index is 13.5. The highest BCUT2D eigenvalue weighted by atomic mass is 16.5. The van der Waals surface area contributed by atoms with Gasteiger partial charge in [0, 0.05) is 31.7 Å². The van der Waals surface area contributed by atoms with Gasteiger partial charge in [0.05, 0.1) is 19.3 Å². The minimum absolute atomic E-state index is 0.0676. The van der Waals surface area contributed by atoms with E-state index in [4.69, 9.17) is 9.15 Å². The summed E-state index contributed by atoms with van der Waals surface area (Å²) in [6.07, 6.45) is 2.48. The van der Waals surface area contributed by atoms with E-state index in [0.717, 1.165) is 37.5 Å². The van der Waals surface area contributed by atoms with E-state index in [0.29, 0.717) is 38.3 Å². The summed E-state index contributed by atoms with van der Waals surface area (Å²) in [4.78, 5) is 30.8. The molecule has 2 saturated heterocycles. The largest absolute Gasteiger partial charge is 0.465 e. The van der Waals surface area contributed by atoms with Crippen molar-refractivity contribution in [3.05, 3.63) is 59.5 Å². The molecule has 0 spiro atoms. The van der Waals surface area contributed by atoms with Crippen molar-refractivity contribution < 1.29 is 18.7 Å². The predicted molar refractivity (Wildman–Crippen MR) is 121 cm³/mol. The number of benzene rings is 1. The smallest absolute Gasteiger partial charge is 0.254 e. The average Bonchev–Trinajstić information content (AvgIpc) is 3.26. The summed E-state index contributed by atoms with van der Waals surface area (Å²) in [5, 5.41) is 3.16. The van der Waals surface area contributed by atoms with Crippen LogP contribution in [-0.2, 0) is 9.53 Å². The molecule has 2 aliphatic heterocycles. The first-order chi connectivity index (χ1) is 15.5. The molecule has 7 nitrogen and oxygen atoms in total. The van der Waals surface area contributed by atoms with Gasteiger partial charge in [0.25, 0.3) is 5.91 Å². The van der Waals surface area contributed by atoms with Gasteiger partial charge in [-0.15, -0.1) is 0 Å². The number of piperidine rings is 1. The predicted octanol–water partition coefficient (Wildman–Crippen LogP) is 3.16. The first-order valence-corrected chi connectivity index (χ1v) is 11.5. The maximum Gasteiger partial charge on any atom is 0.254 e. The number of morpholine rings is 1. The van der Waals surface area contributed by atoms with Gasteiger partial charge in [-0.3, -0.25) is 14.5 Å². The van der Waals surface area contributed by atoms with Crippen LogP contribution in [-0.4, -0.2) is 66.5 Å². The minimum atomic E-state index is -0.875. The van der Waals surface area contributed by atoms with Crippen LogP contribution in [0, 0.1) is 6.92 Å². The Morgan fingerprint density at radius 2 is 1.81 bits per heavy atom. The molecule has 1 aromatic carbocycles. The number of aryl methyl sites for hydroxylation is 1. The highest BCUT2D eigenvalue weighted by molar-refractivity contribution is 5.99. The normalized spacial score (nSPS) is 23.0. The fraction of sp³-hybridized carbons (Fsp3) is 0.520. The first kappa shape index (κ1) is 22.6. The van der Waals surface area contributed by atoms with Crippen LogP contribution in [0.25, 0.3) is 0 Å². The van der Waals surface area contributed by atoms with Crippen LogP contribution < -0.4 is 5.32 Å². The average molecular weight is 440 g/mol. The molecule has 0 bridgehead atoms. The summed E-state index contributed by atoms with van der Waals surface area (Å²) >= 11 is 0. The summed E-state index contributed by atoms with van der Waals surface area (Å²) in [6, 6.07) is 13.1. The van der Waals surface area contributed by atoms with Crippen LogP contribution in [0.5, 0.6) is 0 Å². The number of ether oxygens (including phenoxy) is 1. The van der Waals surface area contributed by atoms with E-state index in [9.17, 15) is 9.59 Å². The van der Waals surface area contributed by atoms with E-state index in [1.54, 1.807) is 4.90 Å². The van der Waals surface area contributed by atoms with Gasteiger partial charge in [-0.1, -0.05) is 18.2 Å². The molecule has 2 fully saturated rings. The Kier molecular flexibility index (Phi) is 6.96. The molecule has 0 saturated carbocycles. The highest BCUT2D eigenvalue weighted by Gasteiger charge is 2.44. The molecule has 32 heavy (non-hydrogen) atoms. The van der Waals surface area contributed by atoms with Gasteiger partial charge in [-0.05, 0) is 57.4 Å². The lowest BCUT2D eigenvalue weighted by molar-refractivity contribution is -0.133. The number of nitrogens with one attached hydrogen (secondary N) is 1. The third kappa shape index (κ3) is 4.74. The molecular formula is C25H33N3O4. The number of carbonyl (C=O) groups excluding carboxylic acids is 2. The summed E-state index contributed by atoms with van der Waals surface area (Å²) in [5.74, 6) is 1.50. The topological polar surface area (TPSA) is 75.0 Å². The molecule has 2 aromatic rings. The second-order valence-electron chi connectivity index (χ2n) is 8.88. The van der Waals surface area contributed by atoms with E-state index in [1.807, 2.05) is 56.3 Å². The number of carbonyl (C=O) groups is 2. The number of rotatable bonds is 6. The zero-order valence-corrected chi connectivity index (χ0v) is 19.0. The number of amides is 2. The summed E-state index contributed by atoms with van der Waals surface area (Å²) in [7, 11) is 0. The van der Waals surface area contributed by atoms with E-state index in [2.05, 4.69) is 10.2 Å². The SMILES string of the molecule is Cc1ccc([C@@H](CNC(=O)[C@@]2(C)CCCCN2C(=O)c2ccccc2)N2CCOCC2)o1. The van der Waals surface area contributed by atoms with Crippen LogP contribution in [0.15, 0.2) is 46.9 Å². The van der Waals surface area contributed by atoms with Crippen LogP contribution in [0.1, 0.15) is 54.1 Å². The number of likely N-dealkylation sites (tertiary alicyclic amines) is 1. The van der Waals surface area contributed by atoms with Gasteiger partial charge < -0.3 is 19.4 Å². The Hall–Kier alpha value is -2.64. The van der Waals surface area contributed by atoms with E-state index < -0.39 is 5.54 Å². The second-order valence-corrected chi connectivity index (χ2v) is 8.88. The van der Waals surface area contributed by atoms with Crippen LogP contribution in [0.4, 0.5) is 0 Å². The monoisotopic (exact) mass is 439 g/mol. The zero-order chi connectivity index (χ0) is 22.6. The highest BCUT2D eigenvalue weighted by Crippen LogP contribution is 2.30. The van der Waals surface area contributed by atoms with Crippen LogP contribution in [0.3, 0.4) is 0 Å². The second kappa shape index (κ2) is 9.88. The van der Waals surface area contributed by atoms with E-state index in [-0.39, 0.29) is 17.9 Å². The Morgan fingerprint density at radius 3 is 2.50 bits per heavy atom. The van der Waals surface area contributed by atoms with Gasteiger partial charge in [0.2, 0.25) is 5.91 Å². The lowest BCUT2D eigenvalue weighted by atomic mass is 9.86. The fourth-order valence-corrected chi connectivity index (χ4v) is 4.73. The maximum absolute atomic E-state index is 13.5. The Balaban J connectivity index is 1.50. The number of hydrogen-bond acceptors (Lipinski definition) is 5. The summed E-state index contributed by atoms with van der Waals surface area (Å²) in [5.41, 5.74) is -0.259. The molecule has 7 heteroatoms. The number of nitrogens with zero attached hydrogens (tertiary/aromatic N) is 2. The van der Waals surface area contributed by atoms with Crippen molar-refractivity contribution in [3.8, 4) is 0 Å². The van der Waals surface area contributed by atoms with Crippen molar-refractivity contribution in [2.24, 2.45) is 0 Å². The van der Waals surface area contributed by atoms with Crippen molar-refractivity contribution in [3.63, 3.8) is 0 Å². The van der Waals surface area contributed by atoms with Crippen molar-refractivity contribution in [1.29, 1.82) is 0 Å². The minimum Gasteiger partial charge on any atom is -0.465 e. The Bertz CT molecular complexity index is 922. The number of furan rings is 1. The fourth-order valence-electron chi connectivity index (χ4n) is 4.73. The molecule has 1 aromatic heterocycles. The lowest BCUT2D eigenvalue weighted by Gasteiger charge is -2.44. The lowest BCUT2D eigenvalue weighted by Crippen LogP contribution is -2.61. The molecule has 2 aliphatic rings. The van der Waals surface area contributed by atoms with Gasteiger partial charge in [-0.2, -0.15) is 0 Å². The molecule has 3 heterocycles. The van der Waals surface area contributed by atoms with Crippen molar-refractivity contribution in [2.45, 2.75) is 44.7 Å². The Morgan fingerprint density at radius 1 is 1.06 bits per heavy atom. The zero-order valence-electron chi connectivity index (χ0n) is 19.0. The van der Waals surface area contributed by atoms with Crippen LogP contribution in [0.2, 0.25) is 0 Å². The van der Waals surface area contributed by atoms with Crippen LogP contribution >= 0.6 is 0 Å². The molecule has 1 N–H and O–H groups in total. The van der Waals surface area contributed by atoms with Gasteiger partial charge >= 0.3 is 0 Å². The third-order valence-electron chi connectivity index (χ3n) is 6.68. The molecule has 172 valence electrons. The standard InChI is InChI=1S/C25H33N3O4/c1-19-10-11-22(32-19)21(27-14-16-31-17-15-27)18-26-24(30)25(2)12-6-7-13-28(25)23(29)20-8-4-3-5-9-20/h3-5,8-11,21H,6-7,12-18H2,1-2H3,(H,26,30)/t21-,25-/m1/s1. The summed E-state index contributed by atoms with van der Waals surface area (Å²) in [6.45, 7) is 7.74. The number of hydrogen-bond donors (Lipinski definition) is 1. The molecule has 2 atom stereocenters. The van der Waals surface area contributed by atoms with Gasteiger partial charge in [0.1, 0.15) is 17.1 Å². The van der Waals surface area contributed by atoms with E-state index >= 15 is 0 Å².